The summed E-state index contributed by atoms with van der Waals surface area (Å²) >= 11 is 0. The van der Waals surface area contributed by atoms with Crippen molar-refractivity contribution in [2.45, 2.75) is 6.42 Å². The molecule has 1 aromatic heterocycles. The van der Waals surface area contributed by atoms with Crippen LogP contribution in [0.15, 0.2) is 12.3 Å². The second-order valence-corrected chi connectivity index (χ2v) is 2.91. The van der Waals surface area contributed by atoms with Gasteiger partial charge >= 0.3 is 0 Å². The van der Waals surface area contributed by atoms with Crippen LogP contribution in [0.2, 0.25) is 0 Å². The molecule has 0 radical (unpaired) electrons. The number of nitrogens with one attached hydrogen (secondary N) is 1. The Morgan fingerprint density at radius 3 is 3.38 bits per heavy atom. The molecule has 0 saturated heterocycles. The van der Waals surface area contributed by atoms with Gasteiger partial charge in [0.25, 0.3) is 0 Å². The van der Waals surface area contributed by atoms with Crippen LogP contribution < -0.4 is 11.1 Å². The maximum absolute atomic E-state index is 5.28. The van der Waals surface area contributed by atoms with Gasteiger partial charge in [-0.05, 0) is 18.1 Å². The molecule has 0 aromatic carbocycles. The normalized spacial score (nSPS) is 12.7. The average molecular weight is 173 g/mol. The van der Waals surface area contributed by atoms with E-state index in [0.717, 1.165) is 24.3 Å². The Morgan fingerprint density at radius 2 is 2.54 bits per heavy atom. The Morgan fingerprint density at radius 1 is 1.62 bits per heavy atom. The lowest BCUT2D eigenvalue weighted by molar-refractivity contribution is 1.11. The van der Waals surface area contributed by atoms with Gasteiger partial charge in [-0.3, -0.25) is 0 Å². The summed E-state index contributed by atoms with van der Waals surface area (Å²) in [6.07, 6.45) is 2.82. The summed E-state index contributed by atoms with van der Waals surface area (Å²) in [7, 11) is 0. The number of aromatic nitrogens is 1. The molecule has 0 unspecified atom stereocenters. The molecule has 0 aliphatic carbocycles. The fraction of sp³-hybridized carbons (Fsp3) is 0.300. The summed E-state index contributed by atoms with van der Waals surface area (Å²) in [6.45, 7) is 1.38. The predicted octanol–water partition coefficient (Wildman–Crippen LogP) is 0.360. The van der Waals surface area contributed by atoms with Crippen molar-refractivity contribution in [3.05, 3.63) is 23.4 Å². The van der Waals surface area contributed by atoms with Crippen LogP contribution in [0.5, 0.6) is 0 Å². The van der Waals surface area contributed by atoms with E-state index in [-0.39, 0.29) is 0 Å². The lowest BCUT2D eigenvalue weighted by atomic mass is 10.2. The monoisotopic (exact) mass is 173 g/mol. The third-order valence-corrected chi connectivity index (χ3v) is 1.99. The fourth-order valence-corrected chi connectivity index (χ4v) is 1.40. The summed E-state index contributed by atoms with van der Waals surface area (Å²) in [5, 5.41) is 3.20. The van der Waals surface area contributed by atoms with Crippen molar-refractivity contribution < 1.29 is 0 Å². The molecule has 0 saturated carbocycles. The van der Waals surface area contributed by atoms with Crippen LogP contribution in [-0.4, -0.2) is 18.1 Å². The standard InChI is InChI=1S/C10H11N3/c11-4-1-2-8-6-9-3-5-12-10(9)13-7-8/h6-7H,3-5,11H2,(H,12,13). The highest BCUT2D eigenvalue weighted by molar-refractivity contribution is 5.52. The minimum Gasteiger partial charge on any atom is -0.370 e. The Kier molecular flexibility index (Phi) is 2.15. The van der Waals surface area contributed by atoms with Crippen molar-refractivity contribution in [2.75, 3.05) is 18.4 Å². The molecule has 0 atom stereocenters. The molecule has 1 aromatic rings. The summed E-state index contributed by atoms with van der Waals surface area (Å²) in [5.74, 6) is 6.78. The van der Waals surface area contributed by atoms with Gasteiger partial charge in [-0.15, -0.1) is 0 Å². The first-order valence-corrected chi connectivity index (χ1v) is 4.32. The number of nitrogens with two attached hydrogens (primary N) is 1. The Bertz CT molecular complexity index is 373. The fourth-order valence-electron chi connectivity index (χ4n) is 1.40. The zero-order valence-corrected chi connectivity index (χ0v) is 7.30. The summed E-state index contributed by atoms with van der Waals surface area (Å²) in [5.41, 5.74) is 7.49. The van der Waals surface area contributed by atoms with E-state index in [9.17, 15) is 0 Å². The van der Waals surface area contributed by atoms with Crippen LogP contribution in [0, 0.1) is 11.8 Å². The Hall–Kier alpha value is -1.53. The van der Waals surface area contributed by atoms with E-state index in [0.29, 0.717) is 6.54 Å². The molecular formula is C10H11N3. The first kappa shape index (κ1) is 8.09. The van der Waals surface area contributed by atoms with E-state index in [2.05, 4.69) is 28.2 Å². The van der Waals surface area contributed by atoms with Crippen molar-refractivity contribution in [2.24, 2.45) is 5.73 Å². The lowest BCUT2D eigenvalue weighted by Gasteiger charge is -1.97. The van der Waals surface area contributed by atoms with E-state index >= 15 is 0 Å². The van der Waals surface area contributed by atoms with E-state index < -0.39 is 0 Å². The number of fused-ring (bicyclic) bond motifs is 1. The highest BCUT2D eigenvalue weighted by Crippen LogP contribution is 2.19. The smallest absolute Gasteiger partial charge is 0.129 e. The molecule has 0 amide bonds. The van der Waals surface area contributed by atoms with Crippen molar-refractivity contribution in [1.82, 2.24) is 4.98 Å². The van der Waals surface area contributed by atoms with Gasteiger partial charge in [-0.25, -0.2) is 4.98 Å². The quantitative estimate of drug-likeness (QED) is 0.557. The molecule has 3 nitrogen and oxygen atoms in total. The molecule has 2 rings (SSSR count). The van der Waals surface area contributed by atoms with Gasteiger partial charge in [0.1, 0.15) is 5.82 Å². The topological polar surface area (TPSA) is 50.9 Å². The maximum Gasteiger partial charge on any atom is 0.129 e. The van der Waals surface area contributed by atoms with Crippen molar-refractivity contribution in [3.63, 3.8) is 0 Å². The lowest BCUT2D eigenvalue weighted by Crippen LogP contribution is -1.94. The van der Waals surface area contributed by atoms with Crippen LogP contribution in [-0.2, 0) is 6.42 Å². The predicted molar refractivity (Wildman–Crippen MR) is 52.4 cm³/mol. The number of rotatable bonds is 0. The second-order valence-electron chi connectivity index (χ2n) is 2.91. The molecule has 2 heterocycles. The van der Waals surface area contributed by atoms with E-state index in [4.69, 9.17) is 5.73 Å². The number of pyridine rings is 1. The molecule has 3 heteroatoms. The molecule has 13 heavy (non-hydrogen) atoms. The summed E-state index contributed by atoms with van der Waals surface area (Å²) in [4.78, 5) is 4.26. The number of hydrogen-bond acceptors (Lipinski definition) is 3. The second kappa shape index (κ2) is 3.46. The van der Waals surface area contributed by atoms with E-state index in [1.807, 2.05) is 0 Å². The number of hydrogen-bond donors (Lipinski definition) is 2. The minimum atomic E-state index is 0.398. The highest BCUT2D eigenvalue weighted by atomic mass is 15.0. The van der Waals surface area contributed by atoms with Gasteiger partial charge in [0.15, 0.2) is 0 Å². The van der Waals surface area contributed by atoms with Gasteiger partial charge in [0.2, 0.25) is 0 Å². The number of nitrogens with zero attached hydrogens (tertiary/aromatic N) is 1. The molecule has 1 aliphatic rings. The van der Waals surface area contributed by atoms with Crippen LogP contribution in [0.4, 0.5) is 5.82 Å². The van der Waals surface area contributed by atoms with Gasteiger partial charge in [-0.1, -0.05) is 11.8 Å². The first-order chi connectivity index (χ1) is 6.40. The molecule has 0 spiro atoms. The molecular weight excluding hydrogens is 162 g/mol. The van der Waals surface area contributed by atoms with Gasteiger partial charge in [-0.2, -0.15) is 0 Å². The number of anilines is 1. The zero-order valence-electron chi connectivity index (χ0n) is 7.30. The Labute approximate surface area is 77.4 Å². The largest absolute Gasteiger partial charge is 0.370 e. The van der Waals surface area contributed by atoms with Crippen LogP contribution in [0.3, 0.4) is 0 Å². The zero-order chi connectivity index (χ0) is 9.10. The van der Waals surface area contributed by atoms with Crippen LogP contribution >= 0.6 is 0 Å². The minimum absolute atomic E-state index is 0.398. The van der Waals surface area contributed by atoms with Gasteiger partial charge in [0, 0.05) is 18.3 Å². The Balaban J connectivity index is 2.31. The van der Waals surface area contributed by atoms with Gasteiger partial charge in [0.05, 0.1) is 6.54 Å². The summed E-state index contributed by atoms with van der Waals surface area (Å²) < 4.78 is 0. The third kappa shape index (κ3) is 1.63. The van der Waals surface area contributed by atoms with Crippen molar-refractivity contribution >= 4 is 5.82 Å². The molecule has 66 valence electrons. The molecule has 1 aliphatic heterocycles. The maximum atomic E-state index is 5.28. The summed E-state index contributed by atoms with van der Waals surface area (Å²) in [6, 6.07) is 2.07. The highest BCUT2D eigenvalue weighted by Gasteiger charge is 2.10. The van der Waals surface area contributed by atoms with Crippen LogP contribution in [0.1, 0.15) is 11.1 Å². The van der Waals surface area contributed by atoms with Gasteiger partial charge < -0.3 is 11.1 Å². The molecule has 0 fully saturated rings. The first-order valence-electron chi connectivity index (χ1n) is 4.32. The average Bonchev–Trinajstić information content (AvgIpc) is 2.61. The SMILES string of the molecule is NCC#Cc1cnc2c(c1)CCN2. The van der Waals surface area contributed by atoms with Crippen molar-refractivity contribution in [1.29, 1.82) is 0 Å². The van der Waals surface area contributed by atoms with E-state index in [1.165, 1.54) is 5.56 Å². The molecule has 0 bridgehead atoms. The van der Waals surface area contributed by atoms with Crippen molar-refractivity contribution in [3.8, 4) is 11.8 Å². The molecule has 3 N–H and O–H groups in total. The third-order valence-electron chi connectivity index (χ3n) is 1.99. The van der Waals surface area contributed by atoms with E-state index in [1.54, 1.807) is 6.20 Å². The van der Waals surface area contributed by atoms with Crippen LogP contribution in [0.25, 0.3) is 0 Å².